The van der Waals surface area contributed by atoms with Crippen LogP contribution in [-0.2, 0) is 6.42 Å². The molecule has 8 aromatic rings. The van der Waals surface area contributed by atoms with Crippen molar-refractivity contribution in [2.75, 3.05) is 0 Å². The third kappa shape index (κ3) is 5.26. The first-order chi connectivity index (χ1) is 26.8. The summed E-state index contributed by atoms with van der Waals surface area (Å²) in [4.78, 5) is 0. The van der Waals surface area contributed by atoms with E-state index >= 15 is 0 Å². The second kappa shape index (κ2) is 13.2. The molecule has 3 nitrogen and oxygen atoms in total. The lowest BCUT2D eigenvalue weighted by molar-refractivity contribution is 0.366. The molecule has 0 amide bonds. The molecule has 0 spiro atoms. The summed E-state index contributed by atoms with van der Waals surface area (Å²) in [6.07, 6.45) is 8.95. The zero-order valence-electron chi connectivity index (χ0n) is 31.1. The first kappa shape index (κ1) is 34.0. The molecular formula is C52H40O3. The molecule has 0 saturated heterocycles. The Kier molecular flexibility index (Phi) is 8.17. The fourth-order valence-corrected chi connectivity index (χ4v) is 8.81. The van der Waals surface area contributed by atoms with Gasteiger partial charge in [-0.1, -0.05) is 134 Å². The quantitative estimate of drug-likeness (QED) is 0.0914. The van der Waals surface area contributed by atoms with Gasteiger partial charge in [0.05, 0.1) is 0 Å². The van der Waals surface area contributed by atoms with Crippen molar-refractivity contribution in [2.24, 2.45) is 0 Å². The van der Waals surface area contributed by atoms with Crippen molar-refractivity contribution in [1.82, 2.24) is 0 Å². The van der Waals surface area contributed by atoms with Gasteiger partial charge in [-0.05, 0) is 144 Å². The van der Waals surface area contributed by atoms with Gasteiger partial charge in [0.1, 0.15) is 0 Å². The number of benzene rings is 8. The van der Waals surface area contributed by atoms with Gasteiger partial charge < -0.3 is 15.3 Å². The van der Waals surface area contributed by atoms with Crippen LogP contribution >= 0.6 is 0 Å². The molecule has 0 atom stereocenters. The Labute approximate surface area is 321 Å². The highest BCUT2D eigenvalue weighted by Crippen LogP contribution is 2.53. The smallest absolute Gasteiger partial charge is 0.201 e. The second-order valence-corrected chi connectivity index (χ2v) is 14.5. The monoisotopic (exact) mass is 712 g/mol. The molecule has 55 heavy (non-hydrogen) atoms. The third-order valence-corrected chi connectivity index (χ3v) is 11.6. The van der Waals surface area contributed by atoms with Gasteiger partial charge in [-0.3, -0.25) is 0 Å². The van der Waals surface area contributed by atoms with Crippen molar-refractivity contribution >= 4 is 37.9 Å². The van der Waals surface area contributed by atoms with Gasteiger partial charge in [0.15, 0.2) is 11.5 Å². The van der Waals surface area contributed by atoms with Crippen LogP contribution in [0, 0.1) is 13.8 Å². The molecule has 266 valence electrons. The number of phenolic OH excluding ortho intramolecular Hbond substituents is 3. The fourth-order valence-electron chi connectivity index (χ4n) is 8.81. The van der Waals surface area contributed by atoms with E-state index in [9.17, 15) is 15.3 Å². The SMILES string of the molecule is C=C/C=C\C(=C/C)c1ccc2c(c1)-c1c(cccc1-c1cc(-c3c4ccccc4c(-c4c(C)c(C)c(O)c(O)c4O)c4ccccc34)cc3ccccc13)C2. The highest BCUT2D eigenvalue weighted by molar-refractivity contribution is 6.23. The summed E-state index contributed by atoms with van der Waals surface area (Å²) in [5.74, 6) is -1.13. The van der Waals surface area contributed by atoms with E-state index in [2.05, 4.69) is 135 Å². The summed E-state index contributed by atoms with van der Waals surface area (Å²) >= 11 is 0. The van der Waals surface area contributed by atoms with Crippen LogP contribution in [0.5, 0.6) is 17.2 Å². The van der Waals surface area contributed by atoms with Crippen molar-refractivity contribution in [3.63, 3.8) is 0 Å². The Hall–Kier alpha value is -6.84. The minimum absolute atomic E-state index is 0.300. The predicted molar refractivity (Wildman–Crippen MR) is 231 cm³/mol. The summed E-state index contributed by atoms with van der Waals surface area (Å²) in [5.41, 5.74) is 14.7. The highest BCUT2D eigenvalue weighted by Gasteiger charge is 2.27. The molecule has 0 bridgehead atoms. The lowest BCUT2D eigenvalue weighted by Gasteiger charge is -2.22. The Morgan fingerprint density at radius 2 is 1.20 bits per heavy atom. The number of fused-ring (bicyclic) bond motifs is 6. The molecule has 0 unspecified atom stereocenters. The predicted octanol–water partition coefficient (Wildman–Crippen LogP) is 13.6. The number of hydrogen-bond donors (Lipinski definition) is 3. The lowest BCUT2D eigenvalue weighted by atomic mass is 9.82. The van der Waals surface area contributed by atoms with Gasteiger partial charge in [-0.2, -0.15) is 0 Å². The second-order valence-electron chi connectivity index (χ2n) is 14.5. The van der Waals surface area contributed by atoms with E-state index in [0.717, 1.165) is 55.6 Å². The summed E-state index contributed by atoms with van der Waals surface area (Å²) in [6, 6.07) is 43.5. The number of rotatable bonds is 6. The zero-order valence-corrected chi connectivity index (χ0v) is 31.1. The molecule has 0 fully saturated rings. The minimum atomic E-state index is -0.506. The number of phenols is 3. The van der Waals surface area contributed by atoms with Crippen LogP contribution in [0.3, 0.4) is 0 Å². The van der Waals surface area contributed by atoms with Crippen molar-refractivity contribution in [3.05, 3.63) is 180 Å². The topological polar surface area (TPSA) is 60.7 Å². The van der Waals surface area contributed by atoms with E-state index < -0.39 is 5.75 Å². The van der Waals surface area contributed by atoms with E-state index in [-0.39, 0.29) is 11.5 Å². The molecule has 0 saturated carbocycles. The molecule has 0 radical (unpaired) electrons. The van der Waals surface area contributed by atoms with E-state index in [0.29, 0.717) is 16.7 Å². The van der Waals surface area contributed by atoms with Crippen LogP contribution in [0.1, 0.15) is 34.7 Å². The number of allylic oxidation sites excluding steroid dienone is 5. The molecule has 0 heterocycles. The van der Waals surface area contributed by atoms with E-state index in [1.165, 1.54) is 44.3 Å². The summed E-state index contributed by atoms with van der Waals surface area (Å²) in [5, 5.41) is 39.3. The fraction of sp³-hybridized carbons (Fsp3) is 0.0769. The van der Waals surface area contributed by atoms with Gasteiger partial charge in [0.25, 0.3) is 0 Å². The van der Waals surface area contributed by atoms with Gasteiger partial charge in [0.2, 0.25) is 5.75 Å². The van der Waals surface area contributed by atoms with Crippen molar-refractivity contribution in [3.8, 4) is 61.8 Å². The van der Waals surface area contributed by atoms with Crippen LogP contribution < -0.4 is 0 Å². The zero-order chi connectivity index (χ0) is 38.0. The first-order valence-electron chi connectivity index (χ1n) is 18.7. The standard InChI is InChI=1S/C52H40O3/c1-5-7-15-32(6-2)33-24-25-35-26-36-17-14-23-43(47(36)44(35)28-33)45-29-37(27-34-16-8-9-18-38(34)45)48-39-19-10-12-21-41(39)49(42-22-13-11-20-40(42)48)46-30(3)31(4)50(53)52(55)51(46)54/h5-25,27-29,53-55H,1,26H2,2-4H3/b15-7-,32-6+. The molecule has 3 N–H and O–H groups in total. The average molecular weight is 713 g/mol. The van der Waals surface area contributed by atoms with Crippen LogP contribution in [0.15, 0.2) is 152 Å². The third-order valence-electron chi connectivity index (χ3n) is 11.6. The molecule has 1 aliphatic rings. The average Bonchev–Trinajstić information content (AvgIpc) is 3.60. The lowest BCUT2D eigenvalue weighted by Crippen LogP contribution is -1.96. The molecule has 0 aliphatic heterocycles. The molecule has 0 aromatic heterocycles. The van der Waals surface area contributed by atoms with Crippen molar-refractivity contribution in [2.45, 2.75) is 27.2 Å². The van der Waals surface area contributed by atoms with Crippen LogP contribution in [0.25, 0.3) is 82.4 Å². The first-order valence-corrected chi connectivity index (χ1v) is 18.7. The molecule has 3 heteroatoms. The molecule has 8 aromatic carbocycles. The van der Waals surface area contributed by atoms with Gasteiger partial charge in [0, 0.05) is 11.1 Å². The van der Waals surface area contributed by atoms with Crippen LogP contribution in [-0.4, -0.2) is 15.3 Å². The summed E-state index contributed by atoms with van der Waals surface area (Å²) in [6.45, 7) is 9.60. The van der Waals surface area contributed by atoms with Gasteiger partial charge in [-0.15, -0.1) is 0 Å². The maximum Gasteiger partial charge on any atom is 0.201 e. The van der Waals surface area contributed by atoms with Gasteiger partial charge in [-0.25, -0.2) is 0 Å². The van der Waals surface area contributed by atoms with E-state index in [1.54, 1.807) is 6.92 Å². The Morgan fingerprint density at radius 1 is 0.545 bits per heavy atom. The van der Waals surface area contributed by atoms with Crippen molar-refractivity contribution < 1.29 is 15.3 Å². The maximum atomic E-state index is 11.4. The minimum Gasteiger partial charge on any atom is -0.504 e. The summed E-state index contributed by atoms with van der Waals surface area (Å²) < 4.78 is 0. The summed E-state index contributed by atoms with van der Waals surface area (Å²) in [7, 11) is 0. The largest absolute Gasteiger partial charge is 0.504 e. The molecule has 9 rings (SSSR count). The van der Waals surface area contributed by atoms with Gasteiger partial charge >= 0.3 is 0 Å². The Balaban J connectivity index is 1.34. The number of hydrogen-bond acceptors (Lipinski definition) is 3. The maximum absolute atomic E-state index is 11.4. The van der Waals surface area contributed by atoms with E-state index in [1.807, 2.05) is 31.2 Å². The Morgan fingerprint density at radius 3 is 1.87 bits per heavy atom. The van der Waals surface area contributed by atoms with Crippen LogP contribution in [0.4, 0.5) is 0 Å². The Bertz CT molecular complexity index is 2890. The van der Waals surface area contributed by atoms with Crippen molar-refractivity contribution in [1.29, 1.82) is 0 Å². The molecule has 1 aliphatic carbocycles. The highest BCUT2D eigenvalue weighted by atomic mass is 16.3. The van der Waals surface area contributed by atoms with E-state index in [4.69, 9.17) is 0 Å². The number of aromatic hydroxyl groups is 3. The van der Waals surface area contributed by atoms with Crippen LogP contribution in [0.2, 0.25) is 0 Å². The normalized spacial score (nSPS) is 12.5. The molecular weight excluding hydrogens is 673 g/mol.